The summed E-state index contributed by atoms with van der Waals surface area (Å²) in [4.78, 5) is 26.7. The standard InChI is InChI=1S/C23H25N3O6S/c1-16(2)14-26-20-13-18(5-8-21(20)32-15-22(26)27)24-23(28)17-3-6-19(7-4-17)33(29,30)25-9-11-31-12-10-25/h3-8,13H,1,9-12,14-15H2,2H3,(H,24,28). The van der Waals surface area contributed by atoms with Crippen molar-refractivity contribution in [1.29, 1.82) is 0 Å². The maximum absolute atomic E-state index is 12.8. The molecule has 9 nitrogen and oxygen atoms in total. The molecule has 0 spiro atoms. The van der Waals surface area contributed by atoms with Crippen molar-refractivity contribution in [1.82, 2.24) is 4.31 Å². The molecule has 2 aromatic carbocycles. The average molecular weight is 472 g/mol. The molecule has 1 N–H and O–H groups in total. The summed E-state index contributed by atoms with van der Waals surface area (Å²) < 4.78 is 37.6. The van der Waals surface area contributed by atoms with E-state index in [1.165, 1.54) is 28.6 Å². The second-order valence-corrected chi connectivity index (χ2v) is 9.84. The van der Waals surface area contributed by atoms with E-state index in [1.807, 2.05) is 6.92 Å². The van der Waals surface area contributed by atoms with Gasteiger partial charge in [-0.15, -0.1) is 0 Å². The van der Waals surface area contributed by atoms with Crippen LogP contribution in [0.4, 0.5) is 11.4 Å². The molecule has 1 saturated heterocycles. The van der Waals surface area contributed by atoms with E-state index >= 15 is 0 Å². The van der Waals surface area contributed by atoms with Crippen LogP contribution in [0, 0.1) is 0 Å². The van der Waals surface area contributed by atoms with Crippen molar-refractivity contribution in [3.8, 4) is 5.75 Å². The molecule has 2 amide bonds. The molecule has 2 aliphatic heterocycles. The largest absolute Gasteiger partial charge is 0.482 e. The molecular weight excluding hydrogens is 446 g/mol. The van der Waals surface area contributed by atoms with Crippen molar-refractivity contribution < 1.29 is 27.5 Å². The maximum Gasteiger partial charge on any atom is 0.265 e. The van der Waals surface area contributed by atoms with Crippen LogP contribution in [0.5, 0.6) is 5.75 Å². The Balaban J connectivity index is 1.50. The van der Waals surface area contributed by atoms with Gasteiger partial charge in [-0.05, 0) is 49.4 Å². The second-order valence-electron chi connectivity index (χ2n) is 7.90. The number of ether oxygens (including phenoxy) is 2. The van der Waals surface area contributed by atoms with Gasteiger partial charge in [0.05, 0.1) is 23.8 Å². The Morgan fingerprint density at radius 3 is 2.48 bits per heavy atom. The molecule has 0 saturated carbocycles. The lowest BCUT2D eigenvalue weighted by Gasteiger charge is -2.30. The van der Waals surface area contributed by atoms with Gasteiger partial charge in [-0.1, -0.05) is 12.2 Å². The number of fused-ring (bicyclic) bond motifs is 1. The summed E-state index contributed by atoms with van der Waals surface area (Å²) in [6.07, 6.45) is 0. The first kappa shape index (κ1) is 23.0. The smallest absolute Gasteiger partial charge is 0.265 e. The molecule has 0 atom stereocenters. The van der Waals surface area contributed by atoms with Crippen molar-refractivity contribution in [2.24, 2.45) is 0 Å². The topological polar surface area (TPSA) is 105 Å². The van der Waals surface area contributed by atoms with Gasteiger partial charge in [0.1, 0.15) is 5.75 Å². The van der Waals surface area contributed by atoms with E-state index in [1.54, 1.807) is 23.1 Å². The SMILES string of the molecule is C=C(C)CN1C(=O)COc2ccc(NC(=O)c3ccc(S(=O)(=O)N4CCOCC4)cc3)cc21. The molecule has 0 unspecified atom stereocenters. The number of hydrogen-bond acceptors (Lipinski definition) is 6. The lowest BCUT2D eigenvalue weighted by Crippen LogP contribution is -2.40. The molecule has 0 radical (unpaired) electrons. The van der Waals surface area contributed by atoms with Gasteiger partial charge in [0, 0.05) is 30.9 Å². The summed E-state index contributed by atoms with van der Waals surface area (Å²) in [6.45, 7) is 7.33. The number of rotatable bonds is 6. The quantitative estimate of drug-likeness (QED) is 0.648. The molecule has 2 heterocycles. The van der Waals surface area contributed by atoms with Gasteiger partial charge in [0.2, 0.25) is 10.0 Å². The Morgan fingerprint density at radius 2 is 1.82 bits per heavy atom. The molecule has 0 aliphatic carbocycles. The summed E-state index contributed by atoms with van der Waals surface area (Å²) in [5, 5.41) is 2.79. The molecule has 2 aliphatic rings. The van der Waals surface area contributed by atoms with Crippen LogP contribution >= 0.6 is 0 Å². The fourth-order valence-corrected chi connectivity index (χ4v) is 5.05. The number of anilines is 2. The highest BCUT2D eigenvalue weighted by molar-refractivity contribution is 7.89. The van der Waals surface area contributed by atoms with E-state index in [9.17, 15) is 18.0 Å². The molecule has 4 rings (SSSR count). The average Bonchev–Trinajstić information content (AvgIpc) is 2.81. The van der Waals surface area contributed by atoms with Gasteiger partial charge < -0.3 is 19.7 Å². The minimum absolute atomic E-state index is 0.0499. The Morgan fingerprint density at radius 1 is 1.12 bits per heavy atom. The fraction of sp³-hybridized carbons (Fsp3) is 0.304. The number of nitrogens with one attached hydrogen (secondary N) is 1. The van der Waals surface area contributed by atoms with E-state index in [0.29, 0.717) is 55.5 Å². The molecule has 0 bridgehead atoms. The Bertz CT molecular complexity index is 1190. The Labute approximate surface area is 192 Å². The third-order valence-electron chi connectivity index (χ3n) is 5.31. The molecule has 33 heavy (non-hydrogen) atoms. The second kappa shape index (κ2) is 9.34. The highest BCUT2D eigenvalue weighted by Crippen LogP contribution is 2.35. The van der Waals surface area contributed by atoms with E-state index in [2.05, 4.69) is 11.9 Å². The zero-order valence-corrected chi connectivity index (χ0v) is 19.1. The number of morpholine rings is 1. The lowest BCUT2D eigenvalue weighted by atomic mass is 10.1. The number of benzene rings is 2. The minimum atomic E-state index is -3.63. The molecule has 174 valence electrons. The van der Waals surface area contributed by atoms with Crippen LogP contribution in [-0.2, 0) is 19.6 Å². The van der Waals surface area contributed by atoms with Gasteiger partial charge in [-0.3, -0.25) is 9.59 Å². The number of carbonyl (C=O) groups is 2. The van der Waals surface area contributed by atoms with Crippen LogP contribution in [0.2, 0.25) is 0 Å². The van der Waals surface area contributed by atoms with Gasteiger partial charge in [-0.25, -0.2) is 8.42 Å². The first-order valence-electron chi connectivity index (χ1n) is 10.5. The Hall–Kier alpha value is -3.21. The third-order valence-corrected chi connectivity index (χ3v) is 7.23. The number of nitrogens with zero attached hydrogens (tertiary/aromatic N) is 2. The summed E-state index contributed by atoms with van der Waals surface area (Å²) in [5.41, 5.74) is 2.16. The highest BCUT2D eigenvalue weighted by atomic mass is 32.2. The van der Waals surface area contributed by atoms with Crippen molar-refractivity contribution in [2.45, 2.75) is 11.8 Å². The first-order valence-corrected chi connectivity index (χ1v) is 11.9. The van der Waals surface area contributed by atoms with Crippen LogP contribution in [0.25, 0.3) is 0 Å². The number of hydrogen-bond donors (Lipinski definition) is 1. The van der Waals surface area contributed by atoms with Crippen LogP contribution < -0.4 is 15.0 Å². The van der Waals surface area contributed by atoms with Crippen molar-refractivity contribution in [3.63, 3.8) is 0 Å². The summed E-state index contributed by atoms with van der Waals surface area (Å²) in [6, 6.07) is 10.8. The fourth-order valence-electron chi connectivity index (χ4n) is 3.64. The van der Waals surface area contributed by atoms with Crippen LogP contribution in [-0.4, -0.2) is 64.0 Å². The molecule has 1 fully saturated rings. The van der Waals surface area contributed by atoms with Crippen molar-refractivity contribution in [2.75, 3.05) is 49.7 Å². The van der Waals surface area contributed by atoms with E-state index in [-0.39, 0.29) is 17.4 Å². The van der Waals surface area contributed by atoms with Crippen LogP contribution in [0.3, 0.4) is 0 Å². The molecule has 0 aromatic heterocycles. The number of carbonyl (C=O) groups excluding carboxylic acids is 2. The molecule has 10 heteroatoms. The van der Waals surface area contributed by atoms with Crippen molar-refractivity contribution in [3.05, 3.63) is 60.2 Å². The normalized spacial score (nSPS) is 16.6. The van der Waals surface area contributed by atoms with E-state index < -0.39 is 15.9 Å². The Kier molecular flexibility index (Phi) is 6.50. The first-order chi connectivity index (χ1) is 15.8. The van der Waals surface area contributed by atoms with Gasteiger partial charge in [-0.2, -0.15) is 4.31 Å². The van der Waals surface area contributed by atoms with Crippen molar-refractivity contribution >= 4 is 33.2 Å². The zero-order chi connectivity index (χ0) is 23.6. The predicted octanol–water partition coefficient (Wildman–Crippen LogP) is 2.26. The number of amides is 2. The minimum Gasteiger partial charge on any atom is -0.482 e. The maximum atomic E-state index is 12.8. The zero-order valence-electron chi connectivity index (χ0n) is 18.2. The third kappa shape index (κ3) is 4.92. The molecule has 2 aromatic rings. The van der Waals surface area contributed by atoms with Crippen LogP contribution in [0.15, 0.2) is 59.5 Å². The van der Waals surface area contributed by atoms with Crippen LogP contribution in [0.1, 0.15) is 17.3 Å². The van der Waals surface area contributed by atoms with Gasteiger partial charge in [0.15, 0.2) is 6.61 Å². The van der Waals surface area contributed by atoms with E-state index in [4.69, 9.17) is 9.47 Å². The summed E-state index contributed by atoms with van der Waals surface area (Å²) in [5.74, 6) is -0.0441. The van der Waals surface area contributed by atoms with Gasteiger partial charge >= 0.3 is 0 Å². The monoisotopic (exact) mass is 471 g/mol. The van der Waals surface area contributed by atoms with E-state index in [0.717, 1.165) is 5.57 Å². The lowest BCUT2D eigenvalue weighted by molar-refractivity contribution is -0.121. The number of sulfonamides is 1. The highest BCUT2D eigenvalue weighted by Gasteiger charge is 2.27. The predicted molar refractivity (Wildman–Crippen MR) is 123 cm³/mol. The summed E-state index contributed by atoms with van der Waals surface area (Å²) in [7, 11) is -3.63. The van der Waals surface area contributed by atoms with Gasteiger partial charge in [0.25, 0.3) is 11.8 Å². The summed E-state index contributed by atoms with van der Waals surface area (Å²) >= 11 is 0. The molecular formula is C23H25N3O6S.